The van der Waals surface area contributed by atoms with Gasteiger partial charge in [0.2, 0.25) is 5.91 Å². The van der Waals surface area contributed by atoms with Gasteiger partial charge in [-0.25, -0.2) is 4.39 Å². The average Bonchev–Trinajstić information content (AvgIpc) is 3.34. The first-order valence-electron chi connectivity index (χ1n) is 9.46. The molecule has 0 saturated carbocycles. The van der Waals surface area contributed by atoms with Gasteiger partial charge in [0.1, 0.15) is 16.4 Å². The normalized spacial score (nSPS) is 10.8. The van der Waals surface area contributed by atoms with Crippen LogP contribution in [0.5, 0.6) is 5.75 Å². The highest BCUT2D eigenvalue weighted by Crippen LogP contribution is 2.29. The van der Waals surface area contributed by atoms with Crippen LogP contribution in [0.15, 0.2) is 54.6 Å². The number of carbonyl (C=O) groups excluding carboxylic acids is 2. The summed E-state index contributed by atoms with van der Waals surface area (Å²) in [5.41, 5.74) is 1.43. The van der Waals surface area contributed by atoms with Crippen LogP contribution in [0.4, 0.5) is 10.2 Å². The Morgan fingerprint density at radius 3 is 2.81 bits per heavy atom. The van der Waals surface area contributed by atoms with Gasteiger partial charge in [-0.05, 0) is 29.8 Å². The molecule has 0 aliphatic heterocycles. The highest BCUT2D eigenvalue weighted by atomic mass is 32.1. The summed E-state index contributed by atoms with van der Waals surface area (Å²) in [6, 6.07) is 15.0. The number of aromatic nitrogens is 2. The van der Waals surface area contributed by atoms with E-state index in [1.165, 1.54) is 23.5 Å². The fraction of sp³-hybridized carbons (Fsp3) is 0.136. The minimum Gasteiger partial charge on any atom is -0.496 e. The molecule has 0 bridgehead atoms. The highest BCUT2D eigenvalue weighted by molar-refractivity contribution is 7.20. The molecule has 0 spiro atoms. The summed E-state index contributed by atoms with van der Waals surface area (Å²) < 4.78 is 18.6. The van der Waals surface area contributed by atoms with Crippen molar-refractivity contribution in [1.82, 2.24) is 15.5 Å². The number of H-pyrrole nitrogens is 1. The molecular weight excluding hydrogens is 419 g/mol. The zero-order valence-corrected chi connectivity index (χ0v) is 17.4. The first-order chi connectivity index (χ1) is 15.0. The molecule has 0 saturated heterocycles. The van der Waals surface area contributed by atoms with E-state index in [4.69, 9.17) is 4.74 Å². The van der Waals surface area contributed by atoms with Crippen molar-refractivity contribution in [3.63, 3.8) is 0 Å². The van der Waals surface area contributed by atoms with Crippen molar-refractivity contribution in [2.45, 2.75) is 13.0 Å². The van der Waals surface area contributed by atoms with Crippen molar-refractivity contribution in [3.8, 4) is 5.75 Å². The van der Waals surface area contributed by atoms with Crippen LogP contribution in [0, 0.1) is 5.82 Å². The molecule has 0 aliphatic rings. The lowest BCUT2D eigenvalue weighted by Gasteiger charge is -2.08. The number of amides is 2. The van der Waals surface area contributed by atoms with Crippen molar-refractivity contribution in [1.29, 1.82) is 0 Å². The topological polar surface area (TPSA) is 96.1 Å². The molecule has 2 amide bonds. The number of rotatable bonds is 7. The Kier molecular flexibility index (Phi) is 5.94. The third-order valence-electron chi connectivity index (χ3n) is 4.62. The predicted octanol–water partition coefficient (Wildman–Crippen LogP) is 3.88. The third kappa shape index (κ3) is 4.72. The molecule has 7 nitrogen and oxygen atoms in total. The number of fused-ring (bicyclic) bond motifs is 1. The van der Waals surface area contributed by atoms with Gasteiger partial charge in [0.15, 0.2) is 5.82 Å². The summed E-state index contributed by atoms with van der Waals surface area (Å²) in [6.07, 6.45) is 0.0164. The van der Waals surface area contributed by atoms with Crippen molar-refractivity contribution in [2.24, 2.45) is 0 Å². The zero-order valence-electron chi connectivity index (χ0n) is 16.6. The van der Waals surface area contributed by atoms with Gasteiger partial charge >= 0.3 is 0 Å². The summed E-state index contributed by atoms with van der Waals surface area (Å²) in [7, 11) is 1.58. The van der Waals surface area contributed by atoms with Crippen molar-refractivity contribution >= 4 is 39.2 Å². The third-order valence-corrected chi connectivity index (χ3v) is 5.66. The number of ether oxygens (including phenoxy) is 1. The number of aromatic amines is 1. The largest absolute Gasteiger partial charge is 0.496 e. The van der Waals surface area contributed by atoms with E-state index >= 15 is 0 Å². The molecule has 158 valence electrons. The summed E-state index contributed by atoms with van der Waals surface area (Å²) in [5, 5.41) is 13.2. The number of benzene rings is 2. The first-order valence-corrected chi connectivity index (χ1v) is 10.3. The van der Waals surface area contributed by atoms with Gasteiger partial charge in [0.25, 0.3) is 5.91 Å². The molecule has 9 heteroatoms. The molecule has 4 aromatic rings. The summed E-state index contributed by atoms with van der Waals surface area (Å²) >= 11 is 1.24. The Morgan fingerprint density at radius 2 is 2.00 bits per heavy atom. The number of methoxy groups -OCH3 is 1. The molecule has 31 heavy (non-hydrogen) atoms. The Hall–Kier alpha value is -3.72. The maximum Gasteiger partial charge on any atom is 0.261 e. The first kappa shape index (κ1) is 20.5. The number of carbonyl (C=O) groups is 2. The smallest absolute Gasteiger partial charge is 0.261 e. The van der Waals surface area contributed by atoms with Crippen molar-refractivity contribution < 1.29 is 18.7 Å². The molecule has 2 heterocycles. The number of nitrogens with zero attached hydrogens (tertiary/aromatic N) is 1. The molecule has 2 aromatic heterocycles. The molecule has 3 N–H and O–H groups in total. The minimum atomic E-state index is -0.394. The van der Waals surface area contributed by atoms with Crippen LogP contribution in [0.25, 0.3) is 10.2 Å². The van der Waals surface area contributed by atoms with Gasteiger partial charge in [-0.2, -0.15) is 5.10 Å². The van der Waals surface area contributed by atoms with Crippen LogP contribution in [-0.2, 0) is 17.8 Å². The molecule has 4 rings (SSSR count). The predicted molar refractivity (Wildman–Crippen MR) is 117 cm³/mol. The Balaban J connectivity index is 1.43. The van der Waals surface area contributed by atoms with Crippen LogP contribution in [0.1, 0.15) is 20.8 Å². The van der Waals surface area contributed by atoms with Crippen LogP contribution in [0.2, 0.25) is 0 Å². The van der Waals surface area contributed by atoms with Crippen LogP contribution >= 0.6 is 11.3 Å². The molecular formula is C22H19FN4O3S. The number of hydrogen-bond donors (Lipinski definition) is 3. The van der Waals surface area contributed by atoms with Gasteiger partial charge in [-0.15, -0.1) is 11.3 Å². The van der Waals surface area contributed by atoms with Crippen molar-refractivity contribution in [3.05, 3.63) is 76.4 Å². The number of anilines is 1. The Morgan fingerprint density at radius 1 is 1.16 bits per heavy atom. The van der Waals surface area contributed by atoms with Gasteiger partial charge in [0, 0.05) is 12.1 Å². The van der Waals surface area contributed by atoms with Crippen LogP contribution < -0.4 is 15.4 Å². The molecule has 2 aromatic carbocycles. The second kappa shape index (κ2) is 8.97. The molecule has 0 fully saturated rings. The number of hydrogen-bond acceptors (Lipinski definition) is 5. The van der Waals surface area contributed by atoms with E-state index in [0.29, 0.717) is 38.8 Å². The highest BCUT2D eigenvalue weighted by Gasteiger charge is 2.17. The standard InChI is InChI=1S/C22H19FN4O3S/c1-30-17-8-3-2-6-14(17)12-24-21(29)18-11-16-20(26-27-22(16)31-18)25-19(28)10-13-5-4-7-15(23)9-13/h2-9,11H,10,12H2,1H3,(H,24,29)(H2,25,26,27,28). The second-order valence-corrected chi connectivity index (χ2v) is 7.83. The summed E-state index contributed by atoms with van der Waals surface area (Å²) in [5.74, 6) is 0.0731. The van der Waals surface area contributed by atoms with E-state index in [1.807, 2.05) is 24.3 Å². The van der Waals surface area contributed by atoms with Gasteiger partial charge in [-0.3, -0.25) is 14.7 Å². The van der Waals surface area contributed by atoms with Crippen LogP contribution in [0.3, 0.4) is 0 Å². The van der Waals surface area contributed by atoms with E-state index < -0.39 is 5.82 Å². The van der Waals surface area contributed by atoms with E-state index in [0.717, 1.165) is 5.56 Å². The maximum atomic E-state index is 13.3. The van der Waals surface area contributed by atoms with Gasteiger partial charge in [0.05, 0.1) is 23.8 Å². The number of thiophene rings is 1. The molecule has 0 radical (unpaired) electrons. The monoisotopic (exact) mass is 438 g/mol. The SMILES string of the molecule is COc1ccccc1CNC(=O)c1cc2c(NC(=O)Cc3cccc(F)c3)n[nH]c2s1. The fourth-order valence-corrected chi connectivity index (χ4v) is 4.06. The molecule has 0 aliphatic carbocycles. The van der Waals surface area contributed by atoms with E-state index in [9.17, 15) is 14.0 Å². The molecule has 0 unspecified atom stereocenters. The fourth-order valence-electron chi connectivity index (χ4n) is 3.14. The lowest BCUT2D eigenvalue weighted by molar-refractivity contribution is -0.115. The number of para-hydroxylation sites is 1. The molecule has 0 atom stereocenters. The van der Waals surface area contributed by atoms with Crippen LogP contribution in [-0.4, -0.2) is 29.1 Å². The summed E-state index contributed by atoms with van der Waals surface area (Å²) in [6.45, 7) is 0.324. The van der Waals surface area contributed by atoms with Gasteiger partial charge in [-0.1, -0.05) is 30.3 Å². The second-order valence-electron chi connectivity index (χ2n) is 6.78. The van der Waals surface area contributed by atoms with E-state index in [1.54, 1.807) is 25.3 Å². The van der Waals surface area contributed by atoms with E-state index in [-0.39, 0.29) is 18.2 Å². The number of nitrogens with one attached hydrogen (secondary N) is 3. The zero-order chi connectivity index (χ0) is 21.8. The lowest BCUT2D eigenvalue weighted by atomic mass is 10.1. The lowest BCUT2D eigenvalue weighted by Crippen LogP contribution is -2.22. The quantitative estimate of drug-likeness (QED) is 0.408. The Bertz CT molecular complexity index is 1250. The van der Waals surface area contributed by atoms with Gasteiger partial charge < -0.3 is 15.4 Å². The maximum absolute atomic E-state index is 13.3. The van der Waals surface area contributed by atoms with Crippen molar-refractivity contribution in [2.75, 3.05) is 12.4 Å². The Labute approximate surface area is 181 Å². The average molecular weight is 438 g/mol. The minimum absolute atomic E-state index is 0.0164. The summed E-state index contributed by atoms with van der Waals surface area (Å²) in [4.78, 5) is 26.1. The van der Waals surface area contributed by atoms with E-state index in [2.05, 4.69) is 20.8 Å². The number of halogens is 1.